The van der Waals surface area contributed by atoms with Crippen molar-refractivity contribution in [2.75, 3.05) is 5.88 Å². The smallest absolute Gasteiger partial charge is 0.184 e. The second kappa shape index (κ2) is 5.77. The van der Waals surface area contributed by atoms with E-state index in [1.165, 1.54) is 6.07 Å². The maximum atomic E-state index is 14.1. The number of benzene rings is 1. The first-order valence-corrected chi connectivity index (χ1v) is 7.02. The quantitative estimate of drug-likeness (QED) is 0.690. The number of aromatic nitrogens is 3. The van der Waals surface area contributed by atoms with Gasteiger partial charge < -0.3 is 4.57 Å². The number of fused-ring (bicyclic) bond motifs is 1. The summed E-state index contributed by atoms with van der Waals surface area (Å²) in [5, 5.41) is 0. The summed E-state index contributed by atoms with van der Waals surface area (Å²) in [6, 6.07) is 6.22. The Balaban J connectivity index is 2.17. The Morgan fingerprint density at radius 2 is 1.86 bits per heavy atom. The first-order valence-electron chi connectivity index (χ1n) is 6.48. The number of pyridine rings is 1. The lowest BCUT2D eigenvalue weighted by Crippen LogP contribution is -2.07. The van der Waals surface area contributed by atoms with Crippen LogP contribution in [0.1, 0.15) is 11.4 Å². The Morgan fingerprint density at radius 1 is 1.10 bits per heavy atom. The first-order chi connectivity index (χ1) is 10.2. The fourth-order valence-corrected chi connectivity index (χ4v) is 2.49. The number of imidazole rings is 1. The normalized spacial score (nSPS) is 11.2. The van der Waals surface area contributed by atoms with Gasteiger partial charge in [0.15, 0.2) is 11.6 Å². The lowest BCUT2D eigenvalue weighted by molar-refractivity contribution is 0.511. The van der Waals surface area contributed by atoms with Crippen LogP contribution in [-0.2, 0) is 13.0 Å². The Morgan fingerprint density at radius 3 is 2.57 bits per heavy atom. The van der Waals surface area contributed by atoms with Crippen LogP contribution < -0.4 is 0 Å². The summed E-state index contributed by atoms with van der Waals surface area (Å²) in [5.41, 5.74) is 1.54. The third-order valence-electron chi connectivity index (χ3n) is 3.29. The van der Waals surface area contributed by atoms with Crippen LogP contribution in [0.3, 0.4) is 0 Å². The molecule has 0 aliphatic carbocycles. The molecule has 21 heavy (non-hydrogen) atoms. The van der Waals surface area contributed by atoms with Gasteiger partial charge in [0.2, 0.25) is 0 Å². The Labute approximate surface area is 125 Å². The van der Waals surface area contributed by atoms with Crippen LogP contribution >= 0.6 is 11.6 Å². The number of hydrogen-bond acceptors (Lipinski definition) is 2. The molecule has 6 heteroatoms. The first kappa shape index (κ1) is 13.9. The summed E-state index contributed by atoms with van der Waals surface area (Å²) in [5.74, 6) is -0.754. The highest BCUT2D eigenvalue weighted by molar-refractivity contribution is 6.17. The highest BCUT2D eigenvalue weighted by Crippen LogP contribution is 2.23. The number of nitrogens with zero attached hydrogens (tertiary/aromatic N) is 3. The van der Waals surface area contributed by atoms with Gasteiger partial charge >= 0.3 is 0 Å². The van der Waals surface area contributed by atoms with Gasteiger partial charge in [-0.05, 0) is 29.8 Å². The van der Waals surface area contributed by atoms with Crippen molar-refractivity contribution >= 4 is 22.6 Å². The van der Waals surface area contributed by atoms with Crippen molar-refractivity contribution in [3.05, 3.63) is 59.7 Å². The molecular formula is C15H12ClF2N3. The largest absolute Gasteiger partial charge is 0.321 e. The SMILES string of the molecule is Fc1ccc2nc(CCCl)n(Cc3ccncc3)c2c1F. The van der Waals surface area contributed by atoms with Gasteiger partial charge in [0, 0.05) is 31.2 Å². The summed E-state index contributed by atoms with van der Waals surface area (Å²) in [6.45, 7) is 0.394. The molecular weight excluding hydrogens is 296 g/mol. The lowest BCUT2D eigenvalue weighted by atomic mass is 10.2. The number of alkyl halides is 1. The zero-order chi connectivity index (χ0) is 14.8. The van der Waals surface area contributed by atoms with E-state index < -0.39 is 11.6 Å². The molecule has 0 saturated heterocycles. The van der Waals surface area contributed by atoms with E-state index in [1.54, 1.807) is 17.0 Å². The molecule has 3 nitrogen and oxygen atoms in total. The van der Waals surface area contributed by atoms with Gasteiger partial charge in [-0.25, -0.2) is 13.8 Å². The molecule has 0 radical (unpaired) electrons. The van der Waals surface area contributed by atoms with Crippen LogP contribution in [0, 0.1) is 11.6 Å². The minimum absolute atomic E-state index is 0.173. The fraction of sp³-hybridized carbons (Fsp3) is 0.200. The van der Waals surface area contributed by atoms with Crippen molar-refractivity contribution < 1.29 is 8.78 Å². The van der Waals surface area contributed by atoms with Crippen molar-refractivity contribution in [2.45, 2.75) is 13.0 Å². The van der Waals surface area contributed by atoms with Gasteiger partial charge in [0.05, 0.1) is 5.52 Å². The van der Waals surface area contributed by atoms with E-state index >= 15 is 0 Å². The Bertz CT molecular complexity index is 771. The molecule has 0 N–H and O–H groups in total. The highest BCUT2D eigenvalue weighted by Gasteiger charge is 2.17. The summed E-state index contributed by atoms with van der Waals surface area (Å²) in [4.78, 5) is 8.30. The monoisotopic (exact) mass is 307 g/mol. The number of halogens is 3. The molecule has 3 rings (SSSR count). The molecule has 2 heterocycles. The molecule has 108 valence electrons. The van der Waals surface area contributed by atoms with Crippen LogP contribution in [0.15, 0.2) is 36.7 Å². The molecule has 1 aromatic carbocycles. The Hall–Kier alpha value is -2.01. The van der Waals surface area contributed by atoms with Crippen molar-refractivity contribution in [3.63, 3.8) is 0 Å². The van der Waals surface area contributed by atoms with Crippen molar-refractivity contribution in [1.82, 2.24) is 14.5 Å². The molecule has 0 saturated carbocycles. The molecule has 0 bridgehead atoms. The molecule has 0 aliphatic rings. The van der Waals surface area contributed by atoms with Crippen molar-refractivity contribution in [3.8, 4) is 0 Å². The molecule has 0 fully saturated rings. The molecule has 2 aromatic heterocycles. The standard InChI is InChI=1S/C15H12ClF2N3/c16-6-3-13-20-12-2-1-11(17)14(18)15(12)21(13)9-10-4-7-19-8-5-10/h1-2,4-5,7-8H,3,6,9H2. The summed E-state index contributed by atoms with van der Waals surface area (Å²) in [7, 11) is 0. The van der Waals surface area contributed by atoms with Crippen LogP contribution in [0.25, 0.3) is 11.0 Å². The molecule has 0 spiro atoms. The van der Waals surface area contributed by atoms with Gasteiger partial charge in [-0.3, -0.25) is 4.98 Å². The third-order valence-corrected chi connectivity index (χ3v) is 3.48. The second-order valence-corrected chi connectivity index (χ2v) is 5.02. The fourth-order valence-electron chi connectivity index (χ4n) is 2.32. The highest BCUT2D eigenvalue weighted by atomic mass is 35.5. The zero-order valence-electron chi connectivity index (χ0n) is 11.1. The number of rotatable bonds is 4. The van der Waals surface area contributed by atoms with Gasteiger partial charge in [-0.2, -0.15) is 0 Å². The average Bonchev–Trinajstić information content (AvgIpc) is 2.83. The van der Waals surface area contributed by atoms with Gasteiger partial charge in [0.25, 0.3) is 0 Å². The summed E-state index contributed by atoms with van der Waals surface area (Å²) < 4.78 is 29.3. The van der Waals surface area contributed by atoms with E-state index in [4.69, 9.17) is 11.6 Å². The topological polar surface area (TPSA) is 30.7 Å². The molecule has 3 aromatic rings. The Kier molecular flexibility index (Phi) is 3.84. The molecule has 0 unspecified atom stereocenters. The minimum Gasteiger partial charge on any atom is -0.321 e. The van der Waals surface area contributed by atoms with Gasteiger partial charge in [-0.15, -0.1) is 11.6 Å². The van der Waals surface area contributed by atoms with Crippen LogP contribution in [0.5, 0.6) is 0 Å². The van der Waals surface area contributed by atoms with E-state index in [-0.39, 0.29) is 5.52 Å². The maximum absolute atomic E-state index is 14.1. The predicted octanol–water partition coefficient (Wildman–Crippen LogP) is 3.54. The zero-order valence-corrected chi connectivity index (χ0v) is 11.8. The van der Waals surface area contributed by atoms with Crippen LogP contribution in [0.2, 0.25) is 0 Å². The molecule has 0 atom stereocenters. The van der Waals surface area contributed by atoms with Crippen molar-refractivity contribution in [2.24, 2.45) is 0 Å². The summed E-state index contributed by atoms with van der Waals surface area (Å²) in [6.07, 6.45) is 3.81. The lowest BCUT2D eigenvalue weighted by Gasteiger charge is -2.09. The average molecular weight is 308 g/mol. The molecule has 0 amide bonds. The predicted molar refractivity (Wildman–Crippen MR) is 77.4 cm³/mol. The van der Waals surface area contributed by atoms with Crippen LogP contribution in [0.4, 0.5) is 8.78 Å². The van der Waals surface area contributed by atoms with Gasteiger partial charge in [0.1, 0.15) is 11.3 Å². The van der Waals surface area contributed by atoms with E-state index in [9.17, 15) is 8.78 Å². The summed E-state index contributed by atoms with van der Waals surface area (Å²) >= 11 is 5.78. The number of aryl methyl sites for hydroxylation is 1. The third kappa shape index (κ3) is 2.61. The van der Waals surface area contributed by atoms with Crippen molar-refractivity contribution in [1.29, 1.82) is 0 Å². The van der Waals surface area contributed by atoms with Crippen LogP contribution in [-0.4, -0.2) is 20.4 Å². The van der Waals surface area contributed by atoms with E-state index in [2.05, 4.69) is 9.97 Å². The second-order valence-electron chi connectivity index (χ2n) is 4.64. The van der Waals surface area contributed by atoms with E-state index in [0.29, 0.717) is 30.2 Å². The van der Waals surface area contributed by atoms with E-state index in [0.717, 1.165) is 11.6 Å². The maximum Gasteiger partial charge on any atom is 0.184 e. The molecule has 0 aliphatic heterocycles. The van der Waals surface area contributed by atoms with Gasteiger partial charge in [-0.1, -0.05) is 0 Å². The number of hydrogen-bond donors (Lipinski definition) is 0. The minimum atomic E-state index is -0.880. The van der Waals surface area contributed by atoms with E-state index in [1.807, 2.05) is 12.1 Å².